The lowest BCUT2D eigenvalue weighted by Gasteiger charge is -2.16. The summed E-state index contributed by atoms with van der Waals surface area (Å²) in [6.45, 7) is 2.37. The van der Waals surface area contributed by atoms with Crippen LogP contribution in [0.3, 0.4) is 0 Å². The first kappa shape index (κ1) is 23.9. The fraction of sp³-hybridized carbons (Fsp3) is 0.263. The second-order valence-electron chi connectivity index (χ2n) is 6.47. The molecular formula is C19H17ClF3N3O5. The van der Waals surface area contributed by atoms with E-state index in [2.05, 4.69) is 10.6 Å². The zero-order valence-corrected chi connectivity index (χ0v) is 17.0. The van der Waals surface area contributed by atoms with Crippen molar-refractivity contribution in [1.29, 1.82) is 0 Å². The molecule has 0 saturated heterocycles. The number of ether oxygens (including phenoxy) is 1. The number of nitro groups is 1. The van der Waals surface area contributed by atoms with Gasteiger partial charge in [0.1, 0.15) is 11.7 Å². The van der Waals surface area contributed by atoms with E-state index in [-0.39, 0.29) is 5.69 Å². The highest BCUT2D eigenvalue weighted by Gasteiger charge is 2.33. The maximum Gasteiger partial charge on any atom is 0.416 e. The molecule has 0 aliphatic carbocycles. The zero-order valence-electron chi connectivity index (χ0n) is 16.2. The van der Waals surface area contributed by atoms with Crippen LogP contribution < -0.4 is 10.6 Å². The lowest BCUT2D eigenvalue weighted by atomic mass is 10.1. The number of halogens is 4. The minimum atomic E-state index is -4.76. The molecule has 0 unspecified atom stereocenters. The summed E-state index contributed by atoms with van der Waals surface area (Å²) in [6, 6.07) is 5.52. The van der Waals surface area contributed by atoms with E-state index in [1.165, 1.54) is 13.0 Å². The van der Waals surface area contributed by atoms with Gasteiger partial charge in [-0.3, -0.25) is 14.9 Å². The molecule has 2 aromatic carbocycles. The monoisotopic (exact) mass is 459 g/mol. The highest BCUT2D eigenvalue weighted by atomic mass is 35.5. The number of esters is 1. The van der Waals surface area contributed by atoms with Crippen molar-refractivity contribution in [1.82, 2.24) is 0 Å². The Morgan fingerprint density at radius 1 is 1.19 bits per heavy atom. The van der Waals surface area contributed by atoms with Crippen molar-refractivity contribution in [3.63, 3.8) is 0 Å². The van der Waals surface area contributed by atoms with Crippen LogP contribution in [0.4, 0.5) is 30.2 Å². The molecule has 0 aliphatic rings. The van der Waals surface area contributed by atoms with Gasteiger partial charge in [0.05, 0.1) is 10.5 Å². The Kier molecular flexibility index (Phi) is 7.45. The number of alkyl halides is 3. The Morgan fingerprint density at radius 3 is 2.48 bits per heavy atom. The average molecular weight is 460 g/mol. The van der Waals surface area contributed by atoms with Crippen LogP contribution in [0.5, 0.6) is 0 Å². The van der Waals surface area contributed by atoms with Crippen LogP contribution in [-0.4, -0.2) is 29.4 Å². The van der Waals surface area contributed by atoms with E-state index >= 15 is 0 Å². The molecule has 0 fully saturated rings. The highest BCUT2D eigenvalue weighted by Crippen LogP contribution is 2.35. The van der Waals surface area contributed by atoms with Crippen LogP contribution in [0, 0.1) is 17.0 Å². The molecule has 2 rings (SSSR count). The van der Waals surface area contributed by atoms with Gasteiger partial charge in [0, 0.05) is 16.8 Å². The second kappa shape index (κ2) is 9.65. The molecule has 0 heterocycles. The number of nitro benzene ring substituents is 1. The third-order valence-corrected chi connectivity index (χ3v) is 4.30. The highest BCUT2D eigenvalue weighted by molar-refractivity contribution is 6.31. The smallest absolute Gasteiger partial charge is 0.416 e. The SMILES string of the molecule is Cc1ccc(Cl)cc1NC(=O)COC(=O)[C@H](C)Nc1ccc(C(F)(F)F)cc1[N+](=O)[O-]. The molecule has 8 nitrogen and oxygen atoms in total. The number of benzene rings is 2. The van der Waals surface area contributed by atoms with E-state index in [1.54, 1.807) is 19.1 Å². The van der Waals surface area contributed by atoms with Gasteiger partial charge in [-0.05, 0) is 43.7 Å². The summed E-state index contributed by atoms with van der Waals surface area (Å²) < 4.78 is 43.2. The summed E-state index contributed by atoms with van der Waals surface area (Å²) in [6.07, 6.45) is -4.76. The molecule has 0 spiro atoms. The second-order valence-corrected chi connectivity index (χ2v) is 6.90. The van der Waals surface area contributed by atoms with Crippen LogP contribution >= 0.6 is 11.6 Å². The molecule has 0 bridgehead atoms. The fourth-order valence-corrected chi connectivity index (χ4v) is 2.62. The Hall–Kier alpha value is -3.34. The molecule has 1 amide bonds. The van der Waals surface area contributed by atoms with E-state index < -0.39 is 46.9 Å². The third kappa shape index (κ3) is 6.57. The lowest BCUT2D eigenvalue weighted by Crippen LogP contribution is -2.31. The summed E-state index contributed by atoms with van der Waals surface area (Å²) in [7, 11) is 0. The number of rotatable bonds is 7. The van der Waals surface area contributed by atoms with Crippen molar-refractivity contribution in [2.24, 2.45) is 0 Å². The Labute approximate surface area is 179 Å². The first-order valence-corrected chi connectivity index (χ1v) is 9.11. The zero-order chi connectivity index (χ0) is 23.3. The number of carbonyl (C=O) groups excluding carboxylic acids is 2. The van der Waals surface area contributed by atoms with Gasteiger partial charge in [-0.25, -0.2) is 4.79 Å². The number of nitrogens with one attached hydrogen (secondary N) is 2. The van der Waals surface area contributed by atoms with Gasteiger partial charge in [-0.15, -0.1) is 0 Å². The summed E-state index contributed by atoms with van der Waals surface area (Å²) in [5, 5.41) is 16.5. The van der Waals surface area contributed by atoms with Crippen LogP contribution in [0.1, 0.15) is 18.1 Å². The molecular weight excluding hydrogens is 443 g/mol. The van der Waals surface area contributed by atoms with Crippen molar-refractivity contribution in [3.05, 3.63) is 62.7 Å². The van der Waals surface area contributed by atoms with Crippen molar-refractivity contribution in [2.75, 3.05) is 17.2 Å². The lowest BCUT2D eigenvalue weighted by molar-refractivity contribution is -0.384. The normalized spacial score (nSPS) is 12.1. The van der Waals surface area contributed by atoms with E-state index in [1.807, 2.05) is 0 Å². The first-order valence-electron chi connectivity index (χ1n) is 8.73. The molecule has 0 aromatic heterocycles. The number of nitrogens with zero attached hydrogens (tertiary/aromatic N) is 1. The number of hydrogen-bond acceptors (Lipinski definition) is 6. The summed E-state index contributed by atoms with van der Waals surface area (Å²) >= 11 is 5.86. The molecule has 0 radical (unpaired) electrons. The van der Waals surface area contributed by atoms with Crippen LogP contribution in [0.15, 0.2) is 36.4 Å². The predicted molar refractivity (Wildman–Crippen MR) is 107 cm³/mol. The standard InChI is InChI=1S/C19H17ClF3N3O5/c1-10-3-5-13(20)8-15(10)25-17(27)9-31-18(28)11(2)24-14-6-4-12(19(21,22)23)7-16(14)26(29)30/h3-8,11,24H,9H2,1-2H3,(H,25,27)/t11-/m0/s1. The summed E-state index contributed by atoms with van der Waals surface area (Å²) in [5.41, 5.74) is -1.20. The number of anilines is 2. The van der Waals surface area contributed by atoms with Gasteiger partial charge in [0.2, 0.25) is 0 Å². The molecule has 31 heavy (non-hydrogen) atoms. The van der Waals surface area contributed by atoms with Gasteiger partial charge in [0.15, 0.2) is 6.61 Å². The third-order valence-electron chi connectivity index (χ3n) is 4.07. The summed E-state index contributed by atoms with van der Waals surface area (Å²) in [5.74, 6) is -1.58. The van der Waals surface area contributed by atoms with E-state index in [0.717, 1.165) is 11.6 Å². The quantitative estimate of drug-likeness (QED) is 0.357. The van der Waals surface area contributed by atoms with Gasteiger partial charge in [0.25, 0.3) is 11.6 Å². The average Bonchev–Trinajstić information content (AvgIpc) is 2.68. The molecule has 0 saturated carbocycles. The number of carbonyl (C=O) groups is 2. The number of aryl methyl sites for hydroxylation is 1. The van der Waals surface area contributed by atoms with Gasteiger partial charge >= 0.3 is 12.1 Å². The molecule has 2 N–H and O–H groups in total. The van der Waals surface area contributed by atoms with E-state index in [0.29, 0.717) is 22.8 Å². The molecule has 2 aromatic rings. The topological polar surface area (TPSA) is 111 Å². The molecule has 0 aliphatic heterocycles. The summed E-state index contributed by atoms with van der Waals surface area (Å²) in [4.78, 5) is 34.2. The maximum absolute atomic E-state index is 12.8. The maximum atomic E-state index is 12.8. The van der Waals surface area contributed by atoms with Gasteiger partial charge < -0.3 is 15.4 Å². The number of amides is 1. The van der Waals surface area contributed by atoms with Gasteiger partial charge in [-0.2, -0.15) is 13.2 Å². The Bertz CT molecular complexity index is 1010. The van der Waals surface area contributed by atoms with Crippen LogP contribution in [0.2, 0.25) is 5.02 Å². The van der Waals surface area contributed by atoms with Crippen molar-refractivity contribution < 1.29 is 32.4 Å². The van der Waals surface area contributed by atoms with E-state index in [9.17, 15) is 32.9 Å². The fourth-order valence-electron chi connectivity index (χ4n) is 2.45. The van der Waals surface area contributed by atoms with Crippen LogP contribution in [-0.2, 0) is 20.5 Å². The van der Waals surface area contributed by atoms with E-state index in [4.69, 9.17) is 16.3 Å². The molecule has 12 heteroatoms. The predicted octanol–water partition coefficient (Wildman–Crippen LogP) is 4.56. The minimum Gasteiger partial charge on any atom is -0.454 e. The van der Waals surface area contributed by atoms with Gasteiger partial charge in [-0.1, -0.05) is 17.7 Å². The number of hydrogen-bond donors (Lipinski definition) is 2. The van der Waals surface area contributed by atoms with Crippen LogP contribution in [0.25, 0.3) is 0 Å². The minimum absolute atomic E-state index is 0.304. The Morgan fingerprint density at radius 2 is 1.87 bits per heavy atom. The van der Waals surface area contributed by atoms with Crippen molar-refractivity contribution in [3.8, 4) is 0 Å². The Balaban J connectivity index is 2.00. The van der Waals surface area contributed by atoms with Crippen molar-refractivity contribution in [2.45, 2.75) is 26.1 Å². The molecule has 1 atom stereocenters. The largest absolute Gasteiger partial charge is 0.454 e. The first-order chi connectivity index (χ1) is 14.4. The van der Waals surface area contributed by atoms with Crippen molar-refractivity contribution >= 4 is 40.5 Å². The molecule has 166 valence electrons.